The van der Waals surface area contributed by atoms with Gasteiger partial charge in [-0.05, 0) is 30.7 Å². The Balaban J connectivity index is 2.32. The molecule has 0 aromatic heterocycles. The minimum atomic E-state index is -4.94. The van der Waals surface area contributed by atoms with E-state index in [9.17, 15) is 27.2 Å². The number of nitrogens with one attached hydrogen (secondary N) is 1. The fourth-order valence-electron chi connectivity index (χ4n) is 1.91. The van der Waals surface area contributed by atoms with Gasteiger partial charge in [0.05, 0.1) is 6.54 Å². The van der Waals surface area contributed by atoms with Gasteiger partial charge in [0, 0.05) is 5.69 Å². The standard InChI is InChI=1S/C12H11F4N3O2/c1-11(12(14,15)16)9(20)19(10(21)18-11)5-6-4-7(13)2-3-8(6)17/h2-4H,5,17H2,1H3,(H,18,21). The van der Waals surface area contributed by atoms with Gasteiger partial charge < -0.3 is 11.1 Å². The molecule has 1 unspecified atom stereocenters. The molecule has 2 rings (SSSR count). The molecule has 0 spiro atoms. The number of carbonyl (C=O) groups excluding carboxylic acids is 2. The lowest BCUT2D eigenvalue weighted by Crippen LogP contribution is -2.56. The van der Waals surface area contributed by atoms with E-state index in [1.165, 1.54) is 6.07 Å². The van der Waals surface area contributed by atoms with Crippen LogP contribution in [0.15, 0.2) is 18.2 Å². The molecule has 0 bridgehead atoms. The average Bonchev–Trinajstić information content (AvgIpc) is 2.58. The quantitative estimate of drug-likeness (QED) is 0.497. The number of nitrogens with two attached hydrogens (primary N) is 1. The molecule has 3 amide bonds. The zero-order valence-corrected chi connectivity index (χ0v) is 10.8. The number of nitrogen functional groups attached to an aromatic ring is 1. The number of anilines is 1. The molecule has 1 aromatic carbocycles. The number of rotatable bonds is 2. The third kappa shape index (κ3) is 2.39. The largest absolute Gasteiger partial charge is 0.420 e. The van der Waals surface area contributed by atoms with Crippen LogP contribution in [0, 0.1) is 5.82 Å². The first-order chi connectivity index (χ1) is 9.56. The Hall–Kier alpha value is -2.32. The van der Waals surface area contributed by atoms with Crippen molar-refractivity contribution < 1.29 is 27.2 Å². The predicted octanol–water partition coefficient (Wildman–Crippen LogP) is 1.78. The highest BCUT2D eigenvalue weighted by Crippen LogP contribution is 2.35. The number of hydrogen-bond donors (Lipinski definition) is 2. The van der Waals surface area contributed by atoms with Crippen molar-refractivity contribution in [3.05, 3.63) is 29.6 Å². The van der Waals surface area contributed by atoms with Gasteiger partial charge in [-0.25, -0.2) is 9.18 Å². The van der Waals surface area contributed by atoms with Crippen molar-refractivity contribution in [1.29, 1.82) is 0 Å². The number of alkyl halides is 3. The van der Waals surface area contributed by atoms with Crippen LogP contribution in [-0.4, -0.2) is 28.6 Å². The second-order valence-corrected chi connectivity index (χ2v) is 4.79. The lowest BCUT2D eigenvalue weighted by Gasteiger charge is -2.24. The maximum atomic E-state index is 13.1. The van der Waals surface area contributed by atoms with Crippen LogP contribution in [0.2, 0.25) is 0 Å². The van der Waals surface area contributed by atoms with Gasteiger partial charge in [-0.2, -0.15) is 13.2 Å². The summed E-state index contributed by atoms with van der Waals surface area (Å²) >= 11 is 0. The Labute approximate surface area is 116 Å². The summed E-state index contributed by atoms with van der Waals surface area (Å²) in [6.07, 6.45) is -4.94. The Bertz CT molecular complexity index is 617. The molecule has 5 nitrogen and oxygen atoms in total. The smallest absolute Gasteiger partial charge is 0.398 e. The lowest BCUT2D eigenvalue weighted by molar-refractivity contribution is -0.191. The molecule has 1 heterocycles. The zero-order valence-electron chi connectivity index (χ0n) is 10.8. The van der Waals surface area contributed by atoms with E-state index in [1.807, 2.05) is 0 Å². The second kappa shape index (κ2) is 4.61. The number of carbonyl (C=O) groups is 2. The highest BCUT2D eigenvalue weighted by molar-refractivity contribution is 6.07. The van der Waals surface area contributed by atoms with Crippen LogP contribution in [0.5, 0.6) is 0 Å². The molecule has 0 aliphatic carbocycles. The summed E-state index contributed by atoms with van der Waals surface area (Å²) in [5.41, 5.74) is 2.67. The van der Waals surface area contributed by atoms with E-state index >= 15 is 0 Å². The summed E-state index contributed by atoms with van der Waals surface area (Å²) in [6.45, 7) is 0.0299. The molecular formula is C12H11F4N3O2. The number of urea groups is 1. The van der Waals surface area contributed by atoms with E-state index in [2.05, 4.69) is 0 Å². The summed E-state index contributed by atoms with van der Waals surface area (Å²) in [6, 6.07) is 2.01. The minimum Gasteiger partial charge on any atom is -0.398 e. The van der Waals surface area contributed by atoms with Gasteiger partial charge in [-0.3, -0.25) is 9.69 Å². The highest BCUT2D eigenvalue weighted by Gasteiger charge is 2.64. The van der Waals surface area contributed by atoms with Crippen LogP contribution in [0.25, 0.3) is 0 Å². The van der Waals surface area contributed by atoms with Crippen LogP contribution in [0.3, 0.4) is 0 Å². The number of amides is 3. The molecule has 114 valence electrons. The van der Waals surface area contributed by atoms with Crippen molar-refractivity contribution in [3.8, 4) is 0 Å². The van der Waals surface area contributed by atoms with Crippen molar-refractivity contribution in [2.24, 2.45) is 0 Å². The Morgan fingerprint density at radius 1 is 1.33 bits per heavy atom. The monoisotopic (exact) mass is 305 g/mol. The number of imide groups is 1. The normalized spacial score (nSPS) is 22.6. The molecule has 1 atom stereocenters. The lowest BCUT2D eigenvalue weighted by atomic mass is 10.0. The number of halogens is 4. The molecule has 21 heavy (non-hydrogen) atoms. The van der Waals surface area contributed by atoms with Gasteiger partial charge in [0.2, 0.25) is 5.54 Å². The van der Waals surface area contributed by atoms with Gasteiger partial charge in [0.15, 0.2) is 0 Å². The van der Waals surface area contributed by atoms with Crippen LogP contribution in [-0.2, 0) is 11.3 Å². The summed E-state index contributed by atoms with van der Waals surface area (Å²) in [7, 11) is 0. The van der Waals surface area contributed by atoms with Gasteiger partial charge in [-0.15, -0.1) is 0 Å². The van der Waals surface area contributed by atoms with E-state index in [-0.39, 0.29) is 11.3 Å². The van der Waals surface area contributed by atoms with Crippen LogP contribution in [0.4, 0.5) is 28.0 Å². The molecule has 0 radical (unpaired) electrons. The summed E-state index contributed by atoms with van der Waals surface area (Å²) in [4.78, 5) is 23.8. The summed E-state index contributed by atoms with van der Waals surface area (Å²) in [5, 5.41) is 1.60. The molecule has 1 fully saturated rings. The highest BCUT2D eigenvalue weighted by atomic mass is 19.4. The Morgan fingerprint density at radius 2 is 1.95 bits per heavy atom. The van der Waals surface area contributed by atoms with Crippen molar-refractivity contribution in [3.63, 3.8) is 0 Å². The predicted molar refractivity (Wildman–Crippen MR) is 64.4 cm³/mol. The molecule has 1 aliphatic heterocycles. The van der Waals surface area contributed by atoms with E-state index < -0.39 is 36.0 Å². The van der Waals surface area contributed by atoms with Crippen LogP contribution >= 0.6 is 0 Å². The van der Waals surface area contributed by atoms with E-state index in [0.29, 0.717) is 11.8 Å². The molecule has 3 N–H and O–H groups in total. The van der Waals surface area contributed by atoms with Crippen LogP contribution in [0.1, 0.15) is 12.5 Å². The van der Waals surface area contributed by atoms with Gasteiger partial charge in [0.1, 0.15) is 5.82 Å². The maximum absolute atomic E-state index is 13.1. The summed E-state index contributed by atoms with van der Waals surface area (Å²) in [5.74, 6) is -2.13. The molecule has 0 saturated carbocycles. The molecular weight excluding hydrogens is 294 g/mol. The van der Waals surface area contributed by atoms with Gasteiger partial charge in [-0.1, -0.05) is 0 Å². The van der Waals surface area contributed by atoms with E-state index in [1.54, 1.807) is 5.32 Å². The first-order valence-electron chi connectivity index (χ1n) is 5.81. The molecule has 9 heteroatoms. The number of benzene rings is 1. The van der Waals surface area contributed by atoms with Crippen molar-refractivity contribution in [2.45, 2.75) is 25.2 Å². The van der Waals surface area contributed by atoms with Crippen molar-refractivity contribution in [2.75, 3.05) is 5.73 Å². The topological polar surface area (TPSA) is 75.4 Å². The zero-order chi connectivity index (χ0) is 16.0. The second-order valence-electron chi connectivity index (χ2n) is 4.79. The summed E-state index contributed by atoms with van der Waals surface area (Å²) < 4.78 is 51.7. The van der Waals surface area contributed by atoms with Gasteiger partial charge in [0.25, 0.3) is 5.91 Å². The van der Waals surface area contributed by atoms with Crippen molar-refractivity contribution in [1.82, 2.24) is 10.2 Å². The fourth-order valence-corrected chi connectivity index (χ4v) is 1.91. The Morgan fingerprint density at radius 3 is 2.48 bits per heavy atom. The number of nitrogens with zero attached hydrogens (tertiary/aromatic N) is 1. The van der Waals surface area contributed by atoms with E-state index in [4.69, 9.17) is 5.73 Å². The minimum absolute atomic E-state index is 0.0462. The first kappa shape index (κ1) is 15.1. The van der Waals surface area contributed by atoms with Crippen LogP contribution < -0.4 is 11.1 Å². The number of hydrogen-bond acceptors (Lipinski definition) is 3. The molecule has 1 saturated heterocycles. The fraction of sp³-hybridized carbons (Fsp3) is 0.333. The molecule has 1 aromatic rings. The van der Waals surface area contributed by atoms with Crippen molar-refractivity contribution >= 4 is 17.6 Å². The third-order valence-electron chi connectivity index (χ3n) is 3.28. The molecule has 1 aliphatic rings. The maximum Gasteiger partial charge on any atom is 0.420 e. The average molecular weight is 305 g/mol. The third-order valence-corrected chi connectivity index (χ3v) is 3.28. The SMILES string of the molecule is CC1(C(F)(F)F)NC(=O)N(Cc2cc(F)ccc2N)C1=O. The Kier molecular flexibility index (Phi) is 3.31. The first-order valence-corrected chi connectivity index (χ1v) is 5.81. The van der Waals surface area contributed by atoms with Gasteiger partial charge >= 0.3 is 12.2 Å². The van der Waals surface area contributed by atoms with E-state index in [0.717, 1.165) is 12.1 Å².